The number of aromatic nitrogens is 2. The molecule has 1 aromatic heterocycles. The van der Waals surface area contributed by atoms with Crippen molar-refractivity contribution in [2.45, 2.75) is 32.6 Å². The largest absolute Gasteiger partial charge is 0.355 e. The van der Waals surface area contributed by atoms with E-state index in [1.165, 1.54) is 12.1 Å². The summed E-state index contributed by atoms with van der Waals surface area (Å²) >= 11 is 0. The van der Waals surface area contributed by atoms with Gasteiger partial charge in [0.1, 0.15) is 5.82 Å². The number of likely N-dealkylation sites (tertiary alicyclic amines) is 1. The van der Waals surface area contributed by atoms with Crippen molar-refractivity contribution >= 4 is 11.8 Å². The Morgan fingerprint density at radius 1 is 1.31 bits per heavy atom. The Balaban J connectivity index is 1.53. The van der Waals surface area contributed by atoms with Gasteiger partial charge in [0.05, 0.1) is 6.33 Å². The van der Waals surface area contributed by atoms with Crippen LogP contribution in [0.2, 0.25) is 0 Å². The Labute approximate surface area is 170 Å². The number of carbonyl (C=O) groups excluding carboxylic acids is 2. The van der Waals surface area contributed by atoms with E-state index in [4.69, 9.17) is 0 Å². The van der Waals surface area contributed by atoms with Gasteiger partial charge in [-0.2, -0.15) is 0 Å². The first-order valence-electron chi connectivity index (χ1n) is 10.1. The molecule has 29 heavy (non-hydrogen) atoms. The van der Waals surface area contributed by atoms with Gasteiger partial charge in [0.15, 0.2) is 0 Å². The van der Waals surface area contributed by atoms with E-state index in [1.807, 2.05) is 29.6 Å². The molecule has 0 radical (unpaired) electrons. The lowest BCUT2D eigenvalue weighted by molar-refractivity contribution is -0.125. The lowest BCUT2D eigenvalue weighted by atomic mass is 9.92. The first kappa shape index (κ1) is 19.6. The van der Waals surface area contributed by atoms with Crippen LogP contribution in [-0.2, 0) is 11.8 Å². The molecule has 4 rings (SSSR count). The average Bonchev–Trinajstić information content (AvgIpc) is 3.10. The van der Waals surface area contributed by atoms with Crippen LogP contribution in [-0.4, -0.2) is 45.9 Å². The molecule has 1 aromatic carbocycles. The van der Waals surface area contributed by atoms with Crippen molar-refractivity contribution in [3.05, 3.63) is 53.4 Å². The zero-order valence-corrected chi connectivity index (χ0v) is 17.1. The van der Waals surface area contributed by atoms with Gasteiger partial charge in [-0.15, -0.1) is 0 Å². The molecule has 2 atom stereocenters. The number of rotatable bonds is 5. The van der Waals surface area contributed by atoms with Crippen LogP contribution in [0.3, 0.4) is 0 Å². The molecule has 0 bridgehead atoms. The predicted molar refractivity (Wildman–Crippen MR) is 107 cm³/mol. The van der Waals surface area contributed by atoms with E-state index in [-0.39, 0.29) is 34.9 Å². The predicted octanol–water partition coefficient (Wildman–Crippen LogP) is 2.64. The van der Waals surface area contributed by atoms with E-state index >= 15 is 0 Å². The van der Waals surface area contributed by atoms with Crippen molar-refractivity contribution in [1.29, 1.82) is 0 Å². The number of amides is 2. The zero-order chi connectivity index (χ0) is 20.8. The van der Waals surface area contributed by atoms with Gasteiger partial charge in [-0.3, -0.25) is 9.59 Å². The molecule has 6 nitrogen and oxygen atoms in total. The van der Waals surface area contributed by atoms with Gasteiger partial charge in [0.25, 0.3) is 5.91 Å². The van der Waals surface area contributed by atoms with Crippen LogP contribution < -0.4 is 5.32 Å². The van der Waals surface area contributed by atoms with Crippen molar-refractivity contribution in [2.75, 3.05) is 19.6 Å². The fourth-order valence-electron chi connectivity index (χ4n) is 4.19. The normalized spacial score (nSPS) is 22.6. The summed E-state index contributed by atoms with van der Waals surface area (Å²) in [6, 6.07) is 4.26. The lowest BCUT2D eigenvalue weighted by Crippen LogP contribution is -2.37. The van der Waals surface area contributed by atoms with Gasteiger partial charge in [-0.1, -0.05) is 6.92 Å². The highest BCUT2D eigenvalue weighted by Gasteiger charge is 2.45. The van der Waals surface area contributed by atoms with Crippen molar-refractivity contribution < 1.29 is 14.0 Å². The van der Waals surface area contributed by atoms with Crippen LogP contribution in [0.5, 0.6) is 0 Å². The number of nitrogens with zero attached hydrogens (tertiary/aromatic N) is 3. The first-order valence-corrected chi connectivity index (χ1v) is 10.1. The molecule has 0 unspecified atom stereocenters. The van der Waals surface area contributed by atoms with Crippen LogP contribution in [0.4, 0.5) is 4.39 Å². The summed E-state index contributed by atoms with van der Waals surface area (Å²) in [5, 5.41) is 3.10. The summed E-state index contributed by atoms with van der Waals surface area (Å²) in [6.07, 6.45) is 5.45. The molecule has 2 aliphatic rings. The monoisotopic (exact) mass is 398 g/mol. The van der Waals surface area contributed by atoms with Crippen molar-refractivity contribution in [2.24, 2.45) is 18.4 Å². The Morgan fingerprint density at radius 2 is 2.07 bits per heavy atom. The Kier molecular flexibility index (Phi) is 4.92. The Morgan fingerprint density at radius 3 is 2.69 bits per heavy atom. The summed E-state index contributed by atoms with van der Waals surface area (Å²) in [4.78, 5) is 31.6. The number of benzene rings is 1. The van der Waals surface area contributed by atoms with Gasteiger partial charge in [-0.05, 0) is 43.5 Å². The van der Waals surface area contributed by atoms with Gasteiger partial charge in [0, 0.05) is 61.4 Å². The first-order chi connectivity index (χ1) is 13.8. The summed E-state index contributed by atoms with van der Waals surface area (Å²) < 4.78 is 15.4. The number of hydrogen-bond donors (Lipinski definition) is 1. The second kappa shape index (κ2) is 7.28. The molecule has 0 spiro atoms. The number of aryl methyl sites for hydroxylation is 2. The second-order valence-electron chi connectivity index (χ2n) is 8.74. The van der Waals surface area contributed by atoms with E-state index in [0.29, 0.717) is 30.8 Å². The quantitative estimate of drug-likeness (QED) is 0.842. The Bertz CT molecular complexity index is 950. The van der Waals surface area contributed by atoms with E-state index in [9.17, 15) is 14.0 Å². The molecule has 2 heterocycles. The topological polar surface area (TPSA) is 67.2 Å². The van der Waals surface area contributed by atoms with Gasteiger partial charge < -0.3 is 14.8 Å². The summed E-state index contributed by atoms with van der Waals surface area (Å²) in [6.45, 7) is 5.35. The number of hydrogen-bond acceptors (Lipinski definition) is 3. The fraction of sp³-hybridized carbons (Fsp3) is 0.500. The highest BCUT2D eigenvalue weighted by atomic mass is 19.1. The molecule has 1 N–H and O–H groups in total. The smallest absolute Gasteiger partial charge is 0.254 e. The van der Waals surface area contributed by atoms with Crippen molar-refractivity contribution in [3.8, 4) is 0 Å². The minimum Gasteiger partial charge on any atom is -0.355 e. The molecule has 2 fully saturated rings. The second-order valence-corrected chi connectivity index (χ2v) is 8.74. The summed E-state index contributed by atoms with van der Waals surface area (Å²) in [5.74, 6) is -0.165. The molecule has 7 heteroatoms. The van der Waals surface area contributed by atoms with E-state index in [1.54, 1.807) is 19.3 Å². The maximum absolute atomic E-state index is 13.4. The average molecular weight is 398 g/mol. The SMILES string of the molecule is Cc1cc(F)ccc1C(=O)N1C[C@@H](CNC(=O)C2(C)CC2)[C@H](c2cncn2C)C1. The maximum atomic E-state index is 13.4. The molecule has 1 aliphatic heterocycles. The molecule has 2 aromatic rings. The third-order valence-electron chi connectivity index (χ3n) is 6.45. The van der Waals surface area contributed by atoms with Crippen LogP contribution in [0.15, 0.2) is 30.7 Å². The Hall–Kier alpha value is -2.70. The molecule has 154 valence electrons. The van der Waals surface area contributed by atoms with E-state index in [0.717, 1.165) is 18.5 Å². The molecule has 2 amide bonds. The molecule has 1 saturated heterocycles. The van der Waals surface area contributed by atoms with Crippen LogP contribution >= 0.6 is 0 Å². The van der Waals surface area contributed by atoms with Gasteiger partial charge in [-0.25, -0.2) is 9.37 Å². The number of nitrogens with one attached hydrogen (secondary N) is 1. The van der Waals surface area contributed by atoms with Crippen LogP contribution in [0.25, 0.3) is 0 Å². The zero-order valence-electron chi connectivity index (χ0n) is 17.1. The minimum absolute atomic E-state index is 0.0829. The maximum Gasteiger partial charge on any atom is 0.254 e. The highest BCUT2D eigenvalue weighted by Crippen LogP contribution is 2.45. The summed E-state index contributed by atoms with van der Waals surface area (Å²) in [7, 11) is 1.94. The molecular formula is C22H27FN4O2. The number of halogens is 1. The van der Waals surface area contributed by atoms with Gasteiger partial charge >= 0.3 is 0 Å². The molecular weight excluding hydrogens is 371 g/mol. The number of carbonyl (C=O) groups is 2. The standard InChI is InChI=1S/C22H27FN4O2/c1-14-8-16(23)4-5-17(14)20(28)27-11-15(9-25-21(29)22(2)6-7-22)18(12-27)19-10-24-13-26(19)3/h4-5,8,10,13,15,18H,6-7,9,11-12H2,1-3H3,(H,25,29)/t15-,18-/m1/s1. The van der Waals surface area contributed by atoms with Crippen molar-refractivity contribution in [1.82, 2.24) is 19.8 Å². The third kappa shape index (κ3) is 3.78. The van der Waals surface area contributed by atoms with Crippen LogP contribution in [0, 0.1) is 24.1 Å². The van der Waals surface area contributed by atoms with Crippen LogP contribution in [0.1, 0.15) is 47.3 Å². The summed E-state index contributed by atoms with van der Waals surface area (Å²) in [5.41, 5.74) is 1.98. The number of imidazole rings is 1. The fourth-order valence-corrected chi connectivity index (χ4v) is 4.19. The molecule has 1 saturated carbocycles. The van der Waals surface area contributed by atoms with Gasteiger partial charge in [0.2, 0.25) is 5.91 Å². The lowest BCUT2D eigenvalue weighted by Gasteiger charge is -2.20. The van der Waals surface area contributed by atoms with E-state index < -0.39 is 0 Å². The van der Waals surface area contributed by atoms with Crippen molar-refractivity contribution in [3.63, 3.8) is 0 Å². The highest BCUT2D eigenvalue weighted by molar-refractivity contribution is 5.96. The van der Waals surface area contributed by atoms with E-state index in [2.05, 4.69) is 10.3 Å². The minimum atomic E-state index is -0.345. The third-order valence-corrected chi connectivity index (χ3v) is 6.45. The molecule has 1 aliphatic carbocycles.